The topological polar surface area (TPSA) is 18.5 Å². The zero-order valence-electron chi connectivity index (χ0n) is 17.2. The SMILES string of the molecule is CC1C2CC(C1C)C(F)(C(OCOCC1CC3CCC1C3)(C(F)(F)F)C(F)(F)F)C2. The highest BCUT2D eigenvalue weighted by Gasteiger charge is 2.86. The van der Waals surface area contributed by atoms with Gasteiger partial charge in [-0.25, -0.2) is 4.39 Å². The summed E-state index contributed by atoms with van der Waals surface area (Å²) in [5.41, 5.74) is -8.44. The molecule has 4 saturated carbocycles. The molecule has 0 spiro atoms. The average molecular weight is 446 g/mol. The van der Waals surface area contributed by atoms with Crippen molar-refractivity contribution < 1.29 is 40.2 Å². The number of hydrogen-bond donors (Lipinski definition) is 0. The van der Waals surface area contributed by atoms with Crippen molar-refractivity contribution in [2.24, 2.45) is 41.4 Å². The van der Waals surface area contributed by atoms with Gasteiger partial charge in [0.1, 0.15) is 6.79 Å². The van der Waals surface area contributed by atoms with Gasteiger partial charge in [0, 0.05) is 0 Å². The molecule has 0 N–H and O–H groups in total. The summed E-state index contributed by atoms with van der Waals surface area (Å²) in [4.78, 5) is 0. The summed E-state index contributed by atoms with van der Waals surface area (Å²) in [6.07, 6.45) is -8.64. The van der Waals surface area contributed by atoms with Crippen LogP contribution in [0.5, 0.6) is 0 Å². The first-order valence-corrected chi connectivity index (χ1v) is 10.9. The van der Waals surface area contributed by atoms with Crippen molar-refractivity contribution in [2.75, 3.05) is 13.4 Å². The zero-order chi connectivity index (χ0) is 22.1. The van der Waals surface area contributed by atoms with E-state index in [0.717, 1.165) is 25.7 Å². The maximum Gasteiger partial charge on any atom is 0.429 e. The summed E-state index contributed by atoms with van der Waals surface area (Å²) >= 11 is 0. The van der Waals surface area contributed by atoms with Crippen LogP contribution in [0.1, 0.15) is 52.4 Å². The first-order valence-electron chi connectivity index (χ1n) is 10.9. The van der Waals surface area contributed by atoms with E-state index in [9.17, 15) is 26.3 Å². The average Bonchev–Trinajstić information content (AvgIpc) is 3.36. The lowest BCUT2D eigenvalue weighted by atomic mass is 9.66. The third kappa shape index (κ3) is 3.11. The minimum absolute atomic E-state index is 0.0160. The predicted octanol–water partition coefficient (Wildman–Crippen LogP) is 6.30. The van der Waals surface area contributed by atoms with Crippen LogP contribution in [0.4, 0.5) is 30.7 Å². The molecule has 0 saturated heterocycles. The lowest BCUT2D eigenvalue weighted by Crippen LogP contribution is -2.73. The third-order valence-corrected chi connectivity index (χ3v) is 8.87. The van der Waals surface area contributed by atoms with E-state index in [1.54, 1.807) is 6.92 Å². The van der Waals surface area contributed by atoms with Gasteiger partial charge in [-0.05, 0) is 73.5 Å². The van der Waals surface area contributed by atoms with Gasteiger partial charge in [-0.2, -0.15) is 26.3 Å². The van der Waals surface area contributed by atoms with Crippen LogP contribution in [-0.2, 0) is 9.47 Å². The summed E-state index contributed by atoms with van der Waals surface area (Å²) in [6.45, 7) is 2.12. The van der Waals surface area contributed by atoms with E-state index < -0.39 is 54.6 Å². The fourth-order valence-corrected chi connectivity index (χ4v) is 7.19. The van der Waals surface area contributed by atoms with Crippen molar-refractivity contribution in [1.82, 2.24) is 0 Å². The van der Waals surface area contributed by atoms with Gasteiger partial charge in [0.15, 0.2) is 5.67 Å². The molecule has 30 heavy (non-hydrogen) atoms. The van der Waals surface area contributed by atoms with Gasteiger partial charge in [0.2, 0.25) is 0 Å². The molecular formula is C21H29F7O2. The zero-order valence-corrected chi connectivity index (χ0v) is 17.2. The molecule has 0 aliphatic heterocycles. The number of hydrogen-bond acceptors (Lipinski definition) is 2. The van der Waals surface area contributed by atoms with Crippen molar-refractivity contribution in [3.05, 3.63) is 0 Å². The van der Waals surface area contributed by atoms with Crippen molar-refractivity contribution in [3.63, 3.8) is 0 Å². The van der Waals surface area contributed by atoms with Crippen LogP contribution in [0.15, 0.2) is 0 Å². The molecule has 0 heterocycles. The molecule has 4 aliphatic rings. The summed E-state index contributed by atoms with van der Waals surface area (Å²) in [6, 6.07) is 0. The van der Waals surface area contributed by atoms with Gasteiger partial charge in [-0.3, -0.25) is 0 Å². The monoisotopic (exact) mass is 446 g/mol. The molecule has 4 rings (SSSR count). The van der Waals surface area contributed by atoms with E-state index in [1.165, 1.54) is 6.92 Å². The number of halogens is 7. The molecule has 0 aromatic heterocycles. The van der Waals surface area contributed by atoms with Crippen LogP contribution in [-0.4, -0.2) is 37.0 Å². The Balaban J connectivity index is 1.54. The first kappa shape index (κ1) is 22.6. The van der Waals surface area contributed by atoms with Gasteiger partial charge < -0.3 is 9.47 Å². The summed E-state index contributed by atoms with van der Waals surface area (Å²) < 4.78 is 110. The van der Waals surface area contributed by atoms with Gasteiger partial charge in [-0.1, -0.05) is 20.3 Å². The van der Waals surface area contributed by atoms with E-state index in [4.69, 9.17) is 4.74 Å². The fraction of sp³-hybridized carbons (Fsp3) is 1.00. The maximum atomic E-state index is 16.0. The van der Waals surface area contributed by atoms with E-state index in [-0.39, 0.29) is 24.9 Å². The first-order chi connectivity index (χ1) is 13.8. The molecule has 9 heteroatoms. The van der Waals surface area contributed by atoms with Gasteiger partial charge in [0.05, 0.1) is 6.61 Å². The summed E-state index contributed by atoms with van der Waals surface area (Å²) in [5.74, 6) is -1.47. The molecular weight excluding hydrogens is 417 g/mol. The minimum atomic E-state index is -5.96. The van der Waals surface area contributed by atoms with Crippen LogP contribution in [0.25, 0.3) is 0 Å². The highest BCUT2D eigenvalue weighted by molar-refractivity contribution is 5.21. The quantitative estimate of drug-likeness (QED) is 0.271. The maximum absolute atomic E-state index is 16.0. The molecule has 4 fully saturated rings. The van der Waals surface area contributed by atoms with E-state index >= 15 is 4.39 Å². The lowest BCUT2D eigenvalue weighted by Gasteiger charge is -2.50. The summed E-state index contributed by atoms with van der Waals surface area (Å²) in [5, 5.41) is 0. The molecule has 4 aliphatic carbocycles. The molecule has 0 aromatic rings. The fourth-order valence-electron chi connectivity index (χ4n) is 7.19. The summed E-state index contributed by atoms with van der Waals surface area (Å²) in [7, 11) is 0. The molecule has 0 amide bonds. The molecule has 174 valence electrons. The van der Waals surface area contributed by atoms with E-state index in [2.05, 4.69) is 4.74 Å². The number of alkyl halides is 7. The molecule has 8 unspecified atom stereocenters. The number of rotatable bonds is 6. The highest BCUT2D eigenvalue weighted by atomic mass is 19.4. The second-order valence-electron chi connectivity index (χ2n) is 10.1. The van der Waals surface area contributed by atoms with Crippen molar-refractivity contribution in [2.45, 2.75) is 76.0 Å². The highest BCUT2D eigenvalue weighted by Crippen LogP contribution is 2.68. The van der Waals surface area contributed by atoms with Crippen molar-refractivity contribution in [1.29, 1.82) is 0 Å². The van der Waals surface area contributed by atoms with Crippen LogP contribution < -0.4 is 0 Å². The van der Waals surface area contributed by atoms with Crippen molar-refractivity contribution >= 4 is 0 Å². The van der Waals surface area contributed by atoms with Crippen molar-refractivity contribution in [3.8, 4) is 0 Å². The van der Waals surface area contributed by atoms with E-state index in [0.29, 0.717) is 11.8 Å². The third-order valence-electron chi connectivity index (χ3n) is 8.87. The Labute approximate surface area is 171 Å². The molecule has 2 nitrogen and oxygen atoms in total. The van der Waals surface area contributed by atoms with Crippen LogP contribution >= 0.6 is 0 Å². The molecule has 0 radical (unpaired) electrons. The smallest absolute Gasteiger partial charge is 0.355 e. The van der Waals surface area contributed by atoms with Gasteiger partial charge in [-0.15, -0.1) is 0 Å². The second kappa shape index (κ2) is 7.22. The molecule has 4 bridgehead atoms. The Morgan fingerprint density at radius 2 is 1.53 bits per heavy atom. The van der Waals surface area contributed by atoms with Crippen LogP contribution in [0.2, 0.25) is 0 Å². The van der Waals surface area contributed by atoms with E-state index in [1.807, 2.05) is 0 Å². The van der Waals surface area contributed by atoms with Crippen LogP contribution in [0.3, 0.4) is 0 Å². The Morgan fingerprint density at radius 1 is 0.867 bits per heavy atom. The Kier molecular flexibility index (Phi) is 5.44. The molecule has 0 aromatic carbocycles. The minimum Gasteiger partial charge on any atom is -0.355 e. The standard InChI is InChI=1S/C21H29F7O2/c1-11-12(2)17-7-15(11)8-18(17,22)19(20(23,24)25,21(26,27)28)30-10-29-9-16-6-13-3-4-14(16)5-13/h11-17H,3-10H2,1-2H3. The molecule has 8 atom stereocenters. The van der Waals surface area contributed by atoms with Gasteiger partial charge in [0.25, 0.3) is 5.60 Å². The second-order valence-corrected chi connectivity index (χ2v) is 10.1. The Morgan fingerprint density at radius 3 is 2.00 bits per heavy atom. The Bertz CT molecular complexity index is 632. The normalized spacial score (nSPS) is 43.7. The van der Waals surface area contributed by atoms with Gasteiger partial charge >= 0.3 is 12.4 Å². The predicted molar refractivity (Wildman–Crippen MR) is 94.1 cm³/mol. The lowest BCUT2D eigenvalue weighted by molar-refractivity contribution is -0.432. The number of fused-ring (bicyclic) bond motifs is 4. The number of ether oxygens (including phenoxy) is 2. The Hall–Kier alpha value is -0.570. The largest absolute Gasteiger partial charge is 0.429 e. The van der Waals surface area contributed by atoms with Crippen LogP contribution in [0, 0.1) is 41.4 Å².